The Bertz CT molecular complexity index is 471. The summed E-state index contributed by atoms with van der Waals surface area (Å²) in [5.41, 5.74) is 3.11. The van der Waals surface area contributed by atoms with E-state index >= 15 is 0 Å². The van der Waals surface area contributed by atoms with Gasteiger partial charge in [0.25, 0.3) is 0 Å². The molecule has 1 aromatic carbocycles. The van der Waals surface area contributed by atoms with E-state index in [1.54, 1.807) is 0 Å². The van der Waals surface area contributed by atoms with Gasteiger partial charge in [-0.2, -0.15) is 0 Å². The van der Waals surface area contributed by atoms with Crippen molar-refractivity contribution in [3.8, 4) is 0 Å². The molecule has 15 heavy (non-hydrogen) atoms. The van der Waals surface area contributed by atoms with Crippen molar-refractivity contribution in [3.63, 3.8) is 0 Å². The van der Waals surface area contributed by atoms with Crippen LogP contribution in [0, 0.1) is 13.8 Å². The molecule has 0 aliphatic heterocycles. The van der Waals surface area contributed by atoms with Gasteiger partial charge in [0.1, 0.15) is 0 Å². The molecule has 0 saturated heterocycles. The maximum atomic E-state index is 11.5. The molecule has 0 aromatic heterocycles. The van der Waals surface area contributed by atoms with Crippen LogP contribution < -0.4 is 0 Å². The average Bonchev–Trinajstić information content (AvgIpc) is 2.00. The summed E-state index contributed by atoms with van der Waals surface area (Å²) in [5.74, 6) is 0.353. The summed E-state index contributed by atoms with van der Waals surface area (Å²) in [7, 11) is -3.11. The summed E-state index contributed by atoms with van der Waals surface area (Å²) < 4.78 is 23.1. The van der Waals surface area contributed by atoms with Crippen molar-refractivity contribution in [1.29, 1.82) is 0 Å². The predicted molar refractivity (Wildman–Crippen MR) is 63.1 cm³/mol. The molecule has 0 unspecified atom stereocenters. The molecule has 0 atom stereocenters. The molecular weight excluding hydrogens is 208 g/mol. The van der Waals surface area contributed by atoms with Gasteiger partial charge in [-0.1, -0.05) is 19.9 Å². The zero-order valence-corrected chi connectivity index (χ0v) is 10.8. The summed E-state index contributed by atoms with van der Waals surface area (Å²) in [6, 6.07) is 3.76. The fourth-order valence-electron chi connectivity index (χ4n) is 1.87. The van der Waals surface area contributed by atoms with Gasteiger partial charge < -0.3 is 0 Å². The Hall–Kier alpha value is -0.830. The van der Waals surface area contributed by atoms with Gasteiger partial charge in [0.15, 0.2) is 9.84 Å². The molecule has 0 radical (unpaired) electrons. The summed E-state index contributed by atoms with van der Waals surface area (Å²) in [5, 5.41) is 0. The Morgan fingerprint density at radius 1 is 1.07 bits per heavy atom. The first kappa shape index (κ1) is 12.2. The molecule has 0 saturated carbocycles. The Morgan fingerprint density at radius 2 is 1.60 bits per heavy atom. The highest BCUT2D eigenvalue weighted by Crippen LogP contribution is 2.25. The van der Waals surface area contributed by atoms with E-state index in [0.717, 1.165) is 16.7 Å². The van der Waals surface area contributed by atoms with Gasteiger partial charge >= 0.3 is 0 Å². The van der Waals surface area contributed by atoms with E-state index in [-0.39, 0.29) is 0 Å². The van der Waals surface area contributed by atoms with E-state index in [1.165, 1.54) is 6.26 Å². The molecule has 0 aliphatic carbocycles. The second-order valence-electron chi connectivity index (χ2n) is 4.40. The van der Waals surface area contributed by atoms with Gasteiger partial charge in [-0.25, -0.2) is 8.42 Å². The van der Waals surface area contributed by atoms with Crippen LogP contribution in [0.4, 0.5) is 0 Å². The highest BCUT2D eigenvalue weighted by Gasteiger charge is 2.14. The van der Waals surface area contributed by atoms with Gasteiger partial charge in [0.2, 0.25) is 0 Å². The molecule has 1 aromatic rings. The molecule has 2 nitrogen and oxygen atoms in total. The maximum Gasteiger partial charge on any atom is 0.175 e. The quantitative estimate of drug-likeness (QED) is 0.777. The van der Waals surface area contributed by atoms with E-state index in [9.17, 15) is 8.42 Å². The lowest BCUT2D eigenvalue weighted by Gasteiger charge is -2.13. The second kappa shape index (κ2) is 3.97. The minimum Gasteiger partial charge on any atom is -0.224 e. The molecule has 0 aliphatic rings. The maximum absolute atomic E-state index is 11.5. The largest absolute Gasteiger partial charge is 0.224 e. The fraction of sp³-hybridized carbons (Fsp3) is 0.500. The zero-order chi connectivity index (χ0) is 11.8. The number of rotatable bonds is 2. The summed E-state index contributed by atoms with van der Waals surface area (Å²) in [6.45, 7) is 8.01. The zero-order valence-electron chi connectivity index (χ0n) is 9.96. The molecule has 84 valence electrons. The first-order valence-corrected chi connectivity index (χ1v) is 6.94. The number of hydrogen-bond acceptors (Lipinski definition) is 2. The molecule has 0 bridgehead atoms. The second-order valence-corrected chi connectivity index (χ2v) is 6.39. The van der Waals surface area contributed by atoms with Gasteiger partial charge in [0.05, 0.1) is 4.90 Å². The molecule has 1 rings (SSSR count). The molecule has 0 spiro atoms. The van der Waals surface area contributed by atoms with E-state index < -0.39 is 9.84 Å². The number of benzene rings is 1. The van der Waals surface area contributed by atoms with Crippen LogP contribution in [0.1, 0.15) is 36.5 Å². The van der Waals surface area contributed by atoms with Crippen LogP contribution in [0.15, 0.2) is 17.0 Å². The van der Waals surface area contributed by atoms with Crippen LogP contribution in [0.25, 0.3) is 0 Å². The lowest BCUT2D eigenvalue weighted by Crippen LogP contribution is -2.03. The van der Waals surface area contributed by atoms with E-state index in [2.05, 4.69) is 13.8 Å². The van der Waals surface area contributed by atoms with Crippen LogP contribution in [-0.4, -0.2) is 14.7 Å². The highest BCUT2D eigenvalue weighted by atomic mass is 32.2. The number of aryl methyl sites for hydroxylation is 2. The lowest BCUT2D eigenvalue weighted by molar-refractivity contribution is 0.601. The van der Waals surface area contributed by atoms with Crippen molar-refractivity contribution >= 4 is 9.84 Å². The SMILES string of the molecule is Cc1cc(C)c(S(C)(=O)=O)cc1C(C)C. The third kappa shape index (κ3) is 2.59. The molecule has 0 heterocycles. The first-order valence-electron chi connectivity index (χ1n) is 5.04. The van der Waals surface area contributed by atoms with Crippen molar-refractivity contribution in [2.45, 2.75) is 38.5 Å². The van der Waals surface area contributed by atoms with Crippen molar-refractivity contribution < 1.29 is 8.42 Å². The van der Waals surface area contributed by atoms with Gasteiger partial charge in [0, 0.05) is 6.26 Å². The van der Waals surface area contributed by atoms with Crippen molar-refractivity contribution in [1.82, 2.24) is 0 Å². The van der Waals surface area contributed by atoms with Gasteiger partial charge in [-0.05, 0) is 42.5 Å². The van der Waals surface area contributed by atoms with Gasteiger partial charge in [-0.15, -0.1) is 0 Å². The third-order valence-corrected chi connectivity index (χ3v) is 3.82. The third-order valence-electron chi connectivity index (χ3n) is 2.59. The molecule has 0 fully saturated rings. The lowest BCUT2D eigenvalue weighted by atomic mass is 9.96. The normalized spacial score (nSPS) is 12.1. The van der Waals surface area contributed by atoms with Crippen LogP contribution in [-0.2, 0) is 9.84 Å². The van der Waals surface area contributed by atoms with Crippen molar-refractivity contribution in [2.75, 3.05) is 6.26 Å². The summed E-state index contributed by atoms with van der Waals surface area (Å²) >= 11 is 0. The molecule has 3 heteroatoms. The van der Waals surface area contributed by atoms with Crippen molar-refractivity contribution in [2.24, 2.45) is 0 Å². The topological polar surface area (TPSA) is 34.1 Å². The van der Waals surface area contributed by atoms with E-state index in [0.29, 0.717) is 10.8 Å². The van der Waals surface area contributed by atoms with Crippen molar-refractivity contribution in [3.05, 3.63) is 28.8 Å². The molecular formula is C12H18O2S. The fourth-order valence-corrected chi connectivity index (χ4v) is 2.85. The Morgan fingerprint density at radius 3 is 2.00 bits per heavy atom. The monoisotopic (exact) mass is 226 g/mol. The summed E-state index contributed by atoms with van der Waals surface area (Å²) in [4.78, 5) is 0.455. The Kier molecular flexibility index (Phi) is 3.24. The average molecular weight is 226 g/mol. The van der Waals surface area contributed by atoms with Crippen LogP contribution in [0.3, 0.4) is 0 Å². The van der Waals surface area contributed by atoms with E-state index in [4.69, 9.17) is 0 Å². The van der Waals surface area contributed by atoms with Crippen LogP contribution in [0.5, 0.6) is 0 Å². The van der Waals surface area contributed by atoms with E-state index in [1.807, 2.05) is 26.0 Å². The summed E-state index contributed by atoms with van der Waals surface area (Å²) in [6.07, 6.45) is 1.26. The van der Waals surface area contributed by atoms with Crippen LogP contribution >= 0.6 is 0 Å². The number of hydrogen-bond donors (Lipinski definition) is 0. The minimum atomic E-state index is -3.11. The molecule has 0 N–H and O–H groups in total. The smallest absolute Gasteiger partial charge is 0.175 e. The van der Waals surface area contributed by atoms with Crippen LogP contribution in [0.2, 0.25) is 0 Å². The Labute approximate surface area is 92.2 Å². The standard InChI is InChI=1S/C12H18O2S/c1-8(2)11-7-12(15(5,13)14)10(4)6-9(11)3/h6-8H,1-5H3. The predicted octanol–water partition coefficient (Wildman–Crippen LogP) is 2.83. The first-order chi connectivity index (χ1) is 6.73. The van der Waals surface area contributed by atoms with Gasteiger partial charge in [-0.3, -0.25) is 0 Å². The minimum absolute atomic E-state index is 0.353. The number of sulfone groups is 1. The highest BCUT2D eigenvalue weighted by molar-refractivity contribution is 7.90. The molecule has 0 amide bonds. The Balaban J connectivity index is 3.50.